The van der Waals surface area contributed by atoms with Crippen LogP contribution in [-0.4, -0.2) is 29.4 Å². The summed E-state index contributed by atoms with van der Waals surface area (Å²) in [4.78, 5) is 14.8. The van der Waals surface area contributed by atoms with E-state index in [4.69, 9.17) is 0 Å². The zero-order valence-corrected chi connectivity index (χ0v) is 12.5. The van der Waals surface area contributed by atoms with Gasteiger partial charge in [-0.2, -0.15) is 0 Å². The van der Waals surface area contributed by atoms with E-state index in [1.54, 1.807) is 6.07 Å². The molecule has 1 aliphatic carbocycles. The number of nitrogens with one attached hydrogen (secondary N) is 1. The molecule has 1 N–H and O–H groups in total. The third kappa shape index (κ3) is 3.62. The van der Waals surface area contributed by atoms with Gasteiger partial charge in [0.05, 0.1) is 0 Å². The average molecular weight is 290 g/mol. The highest BCUT2D eigenvalue weighted by Gasteiger charge is 2.36. The molecular formula is C17H23FN2O. The highest BCUT2D eigenvalue weighted by atomic mass is 19.1. The van der Waals surface area contributed by atoms with Gasteiger partial charge < -0.3 is 10.2 Å². The Labute approximate surface area is 125 Å². The zero-order chi connectivity index (χ0) is 14.8. The number of hydrogen-bond acceptors (Lipinski definition) is 2. The molecule has 4 heteroatoms. The fraction of sp³-hybridized carbons (Fsp3) is 0.588. The number of hydrogen-bond donors (Lipinski definition) is 1. The van der Waals surface area contributed by atoms with Crippen molar-refractivity contribution in [3.8, 4) is 0 Å². The fourth-order valence-electron chi connectivity index (χ4n) is 3.20. The summed E-state index contributed by atoms with van der Waals surface area (Å²) in [6, 6.07) is 7.37. The van der Waals surface area contributed by atoms with E-state index >= 15 is 0 Å². The van der Waals surface area contributed by atoms with Crippen molar-refractivity contribution in [3.63, 3.8) is 0 Å². The Balaban J connectivity index is 1.70. The molecule has 0 aromatic heterocycles. The van der Waals surface area contributed by atoms with E-state index in [1.807, 2.05) is 11.0 Å². The maximum atomic E-state index is 13.3. The summed E-state index contributed by atoms with van der Waals surface area (Å²) >= 11 is 0. The van der Waals surface area contributed by atoms with Gasteiger partial charge in [0.15, 0.2) is 0 Å². The Hall–Kier alpha value is -1.42. The molecule has 2 aliphatic rings. The maximum Gasteiger partial charge on any atom is 0.226 e. The average Bonchev–Trinajstić information content (AvgIpc) is 3.29. The van der Waals surface area contributed by atoms with E-state index in [2.05, 4.69) is 12.2 Å². The van der Waals surface area contributed by atoms with Crippen molar-refractivity contribution in [3.05, 3.63) is 35.6 Å². The molecule has 1 aromatic rings. The number of halogens is 1. The number of nitrogens with zero attached hydrogens (tertiary/aromatic N) is 1. The van der Waals surface area contributed by atoms with Gasteiger partial charge in [-0.15, -0.1) is 0 Å². The smallest absolute Gasteiger partial charge is 0.226 e. The van der Waals surface area contributed by atoms with Crippen LogP contribution < -0.4 is 5.32 Å². The number of rotatable bonds is 4. The van der Waals surface area contributed by atoms with Crippen LogP contribution in [0.1, 0.15) is 38.2 Å². The van der Waals surface area contributed by atoms with Crippen molar-refractivity contribution < 1.29 is 9.18 Å². The lowest BCUT2D eigenvalue weighted by Gasteiger charge is -2.32. The van der Waals surface area contributed by atoms with Crippen molar-refractivity contribution in [2.75, 3.05) is 6.54 Å². The molecule has 1 aromatic carbocycles. The zero-order valence-electron chi connectivity index (χ0n) is 12.5. The summed E-state index contributed by atoms with van der Waals surface area (Å²) in [7, 11) is 0. The SMILES string of the molecule is C[C@H]1C[C@@H](C(=O)N(Cc2cccc(F)c2)C2CC2)CCN1. The van der Waals surface area contributed by atoms with E-state index < -0.39 is 0 Å². The quantitative estimate of drug-likeness (QED) is 0.924. The maximum absolute atomic E-state index is 13.3. The van der Waals surface area contributed by atoms with Gasteiger partial charge in [-0.3, -0.25) is 4.79 Å². The third-order valence-electron chi connectivity index (χ3n) is 4.49. The van der Waals surface area contributed by atoms with E-state index in [9.17, 15) is 9.18 Å². The van der Waals surface area contributed by atoms with Gasteiger partial charge in [-0.25, -0.2) is 4.39 Å². The van der Waals surface area contributed by atoms with Crippen LogP contribution in [-0.2, 0) is 11.3 Å². The molecule has 1 saturated heterocycles. The standard InChI is InChI=1S/C17H23FN2O/c1-12-9-14(7-8-19-12)17(21)20(16-5-6-16)11-13-3-2-4-15(18)10-13/h2-4,10,12,14,16,19H,5-9,11H2,1H3/t12-,14-/m0/s1. The Bertz CT molecular complexity index is 515. The van der Waals surface area contributed by atoms with Crippen LogP contribution in [0.25, 0.3) is 0 Å². The fourth-order valence-corrected chi connectivity index (χ4v) is 3.20. The molecule has 3 rings (SSSR count). The summed E-state index contributed by atoms with van der Waals surface area (Å²) in [5, 5.41) is 3.39. The van der Waals surface area contributed by atoms with Crippen molar-refractivity contribution in [1.82, 2.24) is 10.2 Å². The third-order valence-corrected chi connectivity index (χ3v) is 4.49. The number of benzene rings is 1. The van der Waals surface area contributed by atoms with Gasteiger partial charge >= 0.3 is 0 Å². The lowest BCUT2D eigenvalue weighted by atomic mass is 9.91. The molecule has 2 fully saturated rings. The van der Waals surface area contributed by atoms with Crippen molar-refractivity contribution in [2.24, 2.45) is 5.92 Å². The second-order valence-corrected chi connectivity index (χ2v) is 6.40. The minimum Gasteiger partial charge on any atom is -0.335 e. The minimum absolute atomic E-state index is 0.121. The van der Waals surface area contributed by atoms with E-state index in [0.717, 1.165) is 37.8 Å². The van der Waals surface area contributed by atoms with Crippen LogP contribution in [0, 0.1) is 11.7 Å². The molecule has 1 heterocycles. The van der Waals surface area contributed by atoms with Gasteiger partial charge in [-0.1, -0.05) is 12.1 Å². The first-order valence-electron chi connectivity index (χ1n) is 7.92. The highest BCUT2D eigenvalue weighted by Crippen LogP contribution is 2.31. The molecule has 1 aliphatic heterocycles. The molecule has 2 atom stereocenters. The summed E-state index contributed by atoms with van der Waals surface area (Å²) in [5.41, 5.74) is 0.886. The van der Waals surface area contributed by atoms with E-state index in [0.29, 0.717) is 18.6 Å². The largest absolute Gasteiger partial charge is 0.335 e. The molecular weight excluding hydrogens is 267 g/mol. The number of amides is 1. The van der Waals surface area contributed by atoms with Crippen molar-refractivity contribution in [1.29, 1.82) is 0 Å². The first kappa shape index (κ1) is 14.5. The Morgan fingerprint density at radius 2 is 2.19 bits per heavy atom. The number of carbonyl (C=O) groups is 1. The Kier molecular flexibility index (Phi) is 4.24. The molecule has 114 valence electrons. The highest BCUT2D eigenvalue weighted by molar-refractivity contribution is 5.79. The van der Waals surface area contributed by atoms with Crippen LogP contribution >= 0.6 is 0 Å². The first-order valence-corrected chi connectivity index (χ1v) is 7.92. The van der Waals surface area contributed by atoms with Gasteiger partial charge in [-0.05, 0) is 56.8 Å². The number of carbonyl (C=O) groups excluding carboxylic acids is 1. The van der Waals surface area contributed by atoms with Gasteiger partial charge in [0.1, 0.15) is 5.82 Å². The second kappa shape index (κ2) is 6.14. The lowest BCUT2D eigenvalue weighted by molar-refractivity contribution is -0.138. The van der Waals surface area contributed by atoms with E-state index in [-0.39, 0.29) is 17.6 Å². The van der Waals surface area contributed by atoms with Crippen molar-refractivity contribution >= 4 is 5.91 Å². The Morgan fingerprint density at radius 3 is 2.86 bits per heavy atom. The van der Waals surface area contributed by atoms with Crippen LogP contribution in [0.4, 0.5) is 4.39 Å². The summed E-state index contributed by atoms with van der Waals surface area (Å²) < 4.78 is 13.3. The summed E-state index contributed by atoms with van der Waals surface area (Å²) in [5.74, 6) is 0.150. The molecule has 0 bridgehead atoms. The van der Waals surface area contributed by atoms with Crippen LogP contribution in [0.3, 0.4) is 0 Å². The lowest BCUT2D eigenvalue weighted by Crippen LogP contribution is -2.44. The molecule has 3 nitrogen and oxygen atoms in total. The monoisotopic (exact) mass is 290 g/mol. The Morgan fingerprint density at radius 1 is 1.38 bits per heavy atom. The molecule has 21 heavy (non-hydrogen) atoms. The first-order chi connectivity index (χ1) is 10.1. The van der Waals surface area contributed by atoms with Crippen LogP contribution in [0.2, 0.25) is 0 Å². The summed E-state index contributed by atoms with van der Waals surface area (Å²) in [6.07, 6.45) is 3.99. The van der Waals surface area contributed by atoms with Crippen molar-refractivity contribution in [2.45, 2.75) is 51.2 Å². The predicted molar refractivity (Wildman–Crippen MR) is 80.2 cm³/mol. The predicted octanol–water partition coefficient (Wildman–Crippen LogP) is 2.70. The van der Waals surface area contributed by atoms with Gasteiger partial charge in [0, 0.05) is 24.5 Å². The number of piperidine rings is 1. The van der Waals surface area contributed by atoms with Crippen LogP contribution in [0.5, 0.6) is 0 Å². The summed E-state index contributed by atoms with van der Waals surface area (Å²) in [6.45, 7) is 3.59. The minimum atomic E-state index is -0.230. The van der Waals surface area contributed by atoms with Gasteiger partial charge in [0.25, 0.3) is 0 Å². The molecule has 0 radical (unpaired) electrons. The molecule has 0 spiro atoms. The molecule has 1 amide bonds. The topological polar surface area (TPSA) is 32.3 Å². The van der Waals surface area contributed by atoms with E-state index in [1.165, 1.54) is 12.1 Å². The molecule has 0 unspecified atom stereocenters. The second-order valence-electron chi connectivity index (χ2n) is 6.40. The normalized spacial score (nSPS) is 25.6. The van der Waals surface area contributed by atoms with Gasteiger partial charge in [0.2, 0.25) is 5.91 Å². The van der Waals surface area contributed by atoms with Crippen LogP contribution in [0.15, 0.2) is 24.3 Å². The molecule has 1 saturated carbocycles.